The molecule has 16 heavy (non-hydrogen) atoms. The number of hydrogen-bond donors (Lipinski definition) is 1. The third kappa shape index (κ3) is 4.37. The molecule has 0 aliphatic rings. The molecule has 1 heterocycles. The maximum atomic E-state index is 8.84. The van der Waals surface area contributed by atoms with Crippen LogP contribution in [0.1, 0.15) is 31.7 Å². The minimum atomic E-state index is -0.258. The van der Waals surface area contributed by atoms with Gasteiger partial charge in [0, 0.05) is 18.9 Å². The van der Waals surface area contributed by atoms with Crippen molar-refractivity contribution in [3.63, 3.8) is 0 Å². The van der Waals surface area contributed by atoms with Gasteiger partial charge in [-0.05, 0) is 33.7 Å². The Labute approximate surface area is 96.7 Å². The van der Waals surface area contributed by atoms with Gasteiger partial charge in [-0.2, -0.15) is 5.26 Å². The highest BCUT2D eigenvalue weighted by Gasteiger charge is 2.15. The lowest BCUT2D eigenvalue weighted by atomic mass is 9.91. The van der Waals surface area contributed by atoms with E-state index in [9.17, 15) is 0 Å². The third-order valence-electron chi connectivity index (χ3n) is 2.37. The zero-order valence-electron chi connectivity index (χ0n) is 10.1. The van der Waals surface area contributed by atoms with Crippen molar-refractivity contribution in [3.05, 3.63) is 23.8 Å². The predicted octanol–water partition coefficient (Wildman–Crippen LogP) is 1.81. The minimum Gasteiger partial charge on any atom is -0.311 e. The van der Waals surface area contributed by atoms with Crippen molar-refractivity contribution >= 4 is 0 Å². The van der Waals surface area contributed by atoms with Gasteiger partial charge in [-0.1, -0.05) is 0 Å². The van der Waals surface area contributed by atoms with Crippen LogP contribution >= 0.6 is 0 Å². The van der Waals surface area contributed by atoms with E-state index in [1.165, 1.54) is 0 Å². The lowest BCUT2D eigenvalue weighted by Gasteiger charge is -2.14. The van der Waals surface area contributed by atoms with Gasteiger partial charge >= 0.3 is 0 Å². The van der Waals surface area contributed by atoms with E-state index in [0.29, 0.717) is 6.54 Å². The average molecular weight is 218 g/mol. The first-order valence-electron chi connectivity index (χ1n) is 5.43. The number of aryl methyl sites for hydroxylation is 1. The average Bonchev–Trinajstić information content (AvgIpc) is 2.27. The van der Waals surface area contributed by atoms with Gasteiger partial charge in [0.1, 0.15) is 0 Å². The van der Waals surface area contributed by atoms with Gasteiger partial charge in [-0.25, -0.2) is 0 Å². The van der Waals surface area contributed by atoms with Crippen molar-refractivity contribution < 1.29 is 0 Å². The number of nitrogens with zero attached hydrogens (tertiary/aromatic N) is 3. The normalized spacial score (nSPS) is 11.1. The summed E-state index contributed by atoms with van der Waals surface area (Å²) in [6.45, 7) is 7.32. The first kappa shape index (κ1) is 12.6. The fourth-order valence-electron chi connectivity index (χ4n) is 1.18. The molecule has 0 aliphatic heterocycles. The second-order valence-corrected chi connectivity index (χ2v) is 4.57. The van der Waals surface area contributed by atoms with Crippen LogP contribution in [0.15, 0.2) is 12.4 Å². The molecule has 4 nitrogen and oxygen atoms in total. The lowest BCUT2D eigenvalue weighted by Crippen LogP contribution is -2.21. The summed E-state index contributed by atoms with van der Waals surface area (Å²) >= 11 is 0. The molecule has 4 heteroatoms. The summed E-state index contributed by atoms with van der Waals surface area (Å²) in [4.78, 5) is 8.41. The van der Waals surface area contributed by atoms with Crippen LogP contribution in [0.4, 0.5) is 0 Å². The maximum Gasteiger partial charge on any atom is 0.0724 e. The molecule has 0 fully saturated rings. The number of nitriles is 1. The van der Waals surface area contributed by atoms with Crippen molar-refractivity contribution in [2.24, 2.45) is 5.41 Å². The zero-order chi connectivity index (χ0) is 12.0. The van der Waals surface area contributed by atoms with Crippen molar-refractivity contribution in [1.82, 2.24) is 15.3 Å². The van der Waals surface area contributed by atoms with Crippen molar-refractivity contribution in [1.29, 1.82) is 5.26 Å². The van der Waals surface area contributed by atoms with Gasteiger partial charge in [-0.15, -0.1) is 0 Å². The van der Waals surface area contributed by atoms with Crippen molar-refractivity contribution in [2.75, 3.05) is 6.54 Å². The fourth-order valence-corrected chi connectivity index (χ4v) is 1.18. The van der Waals surface area contributed by atoms with E-state index < -0.39 is 0 Å². The topological polar surface area (TPSA) is 61.6 Å². The van der Waals surface area contributed by atoms with Crippen molar-refractivity contribution in [2.45, 2.75) is 33.7 Å². The molecule has 0 amide bonds. The first-order valence-corrected chi connectivity index (χ1v) is 5.43. The van der Waals surface area contributed by atoms with E-state index in [1.54, 1.807) is 12.4 Å². The highest BCUT2D eigenvalue weighted by molar-refractivity contribution is 5.00. The van der Waals surface area contributed by atoms with Crippen LogP contribution in [0.5, 0.6) is 0 Å². The Kier molecular flexibility index (Phi) is 4.39. The highest BCUT2D eigenvalue weighted by Crippen LogP contribution is 2.17. The predicted molar refractivity (Wildman–Crippen MR) is 62.5 cm³/mol. The molecule has 1 aromatic heterocycles. The Hall–Kier alpha value is -1.47. The van der Waals surface area contributed by atoms with Crippen LogP contribution in [0, 0.1) is 23.7 Å². The van der Waals surface area contributed by atoms with Crippen LogP contribution < -0.4 is 5.32 Å². The van der Waals surface area contributed by atoms with Crippen LogP contribution in [0.25, 0.3) is 0 Å². The summed E-state index contributed by atoms with van der Waals surface area (Å²) in [5.41, 5.74) is 1.60. The highest BCUT2D eigenvalue weighted by atomic mass is 14.9. The largest absolute Gasteiger partial charge is 0.311 e. The maximum absolute atomic E-state index is 8.84. The van der Waals surface area contributed by atoms with Gasteiger partial charge in [0.05, 0.1) is 22.9 Å². The molecule has 0 atom stereocenters. The van der Waals surface area contributed by atoms with E-state index in [1.807, 2.05) is 20.8 Å². The van der Waals surface area contributed by atoms with E-state index in [0.717, 1.165) is 24.4 Å². The molecule has 0 aliphatic carbocycles. The van der Waals surface area contributed by atoms with E-state index in [2.05, 4.69) is 21.4 Å². The van der Waals surface area contributed by atoms with E-state index in [4.69, 9.17) is 5.26 Å². The number of aromatic nitrogens is 2. The molecule has 0 unspecified atom stereocenters. The summed E-state index contributed by atoms with van der Waals surface area (Å²) < 4.78 is 0. The molecule has 0 aromatic carbocycles. The number of hydrogen-bond acceptors (Lipinski definition) is 4. The van der Waals surface area contributed by atoms with Crippen LogP contribution in [0.3, 0.4) is 0 Å². The van der Waals surface area contributed by atoms with Gasteiger partial charge in [0.25, 0.3) is 0 Å². The summed E-state index contributed by atoms with van der Waals surface area (Å²) in [6, 6.07) is 2.28. The molecule has 0 saturated heterocycles. The van der Waals surface area contributed by atoms with E-state index in [-0.39, 0.29) is 5.41 Å². The second kappa shape index (κ2) is 5.57. The van der Waals surface area contributed by atoms with Gasteiger partial charge < -0.3 is 5.32 Å². The molecular formula is C12H18N4. The van der Waals surface area contributed by atoms with Crippen LogP contribution in [-0.4, -0.2) is 16.5 Å². The summed E-state index contributed by atoms with van der Waals surface area (Å²) in [6.07, 6.45) is 4.37. The van der Waals surface area contributed by atoms with Crippen LogP contribution in [0.2, 0.25) is 0 Å². The Balaban J connectivity index is 2.27. The molecule has 1 N–H and O–H groups in total. The Morgan fingerprint density at radius 2 is 2.12 bits per heavy atom. The fraction of sp³-hybridized carbons (Fsp3) is 0.583. The molecule has 1 aromatic rings. The van der Waals surface area contributed by atoms with Crippen molar-refractivity contribution in [3.8, 4) is 6.07 Å². The number of rotatable bonds is 5. The SMILES string of the molecule is Cc1cnc(CNCCC(C)(C)C#N)cn1. The smallest absolute Gasteiger partial charge is 0.0724 e. The monoisotopic (exact) mass is 218 g/mol. The molecule has 1 rings (SSSR count). The molecule has 0 bridgehead atoms. The van der Waals surface area contributed by atoms with Gasteiger partial charge in [0.2, 0.25) is 0 Å². The zero-order valence-corrected chi connectivity index (χ0v) is 10.1. The molecule has 0 spiro atoms. The molecule has 0 saturated carbocycles. The van der Waals surface area contributed by atoms with E-state index >= 15 is 0 Å². The minimum absolute atomic E-state index is 0.258. The summed E-state index contributed by atoms with van der Waals surface area (Å²) in [7, 11) is 0. The van der Waals surface area contributed by atoms with Crippen LogP contribution in [-0.2, 0) is 6.54 Å². The first-order chi connectivity index (χ1) is 7.53. The Morgan fingerprint density at radius 3 is 2.69 bits per heavy atom. The Morgan fingerprint density at radius 1 is 1.38 bits per heavy atom. The van der Waals surface area contributed by atoms with Gasteiger partial charge in [0.15, 0.2) is 0 Å². The summed E-state index contributed by atoms with van der Waals surface area (Å²) in [5.74, 6) is 0. The third-order valence-corrected chi connectivity index (χ3v) is 2.37. The standard InChI is InChI=1S/C12H18N4/c1-10-6-16-11(8-15-10)7-14-5-4-12(2,3)9-13/h6,8,14H,4-5,7H2,1-3H3. The van der Waals surface area contributed by atoms with Gasteiger partial charge in [-0.3, -0.25) is 9.97 Å². The molecule has 0 radical (unpaired) electrons. The Bertz CT molecular complexity index is 362. The number of nitrogens with one attached hydrogen (secondary N) is 1. The lowest BCUT2D eigenvalue weighted by molar-refractivity contribution is 0.431. The second-order valence-electron chi connectivity index (χ2n) is 4.57. The summed E-state index contributed by atoms with van der Waals surface area (Å²) in [5, 5.41) is 12.1. The quantitative estimate of drug-likeness (QED) is 0.766. The molecular weight excluding hydrogens is 200 g/mol. The molecule has 86 valence electrons.